The molecular formula is C16H17F3N2O2. The maximum atomic E-state index is 12.7. The number of fused-ring (bicyclic) bond motifs is 1. The number of alkyl halides is 3. The van der Waals surface area contributed by atoms with Gasteiger partial charge in [0.2, 0.25) is 5.91 Å². The summed E-state index contributed by atoms with van der Waals surface area (Å²) in [4.78, 5) is 26.4. The van der Waals surface area contributed by atoms with Crippen LogP contribution in [0.25, 0.3) is 0 Å². The van der Waals surface area contributed by atoms with Crippen molar-refractivity contribution in [3.05, 3.63) is 35.4 Å². The predicted molar refractivity (Wildman–Crippen MR) is 76.4 cm³/mol. The van der Waals surface area contributed by atoms with Crippen LogP contribution in [-0.2, 0) is 22.6 Å². The molecule has 2 heterocycles. The van der Waals surface area contributed by atoms with Gasteiger partial charge in [0, 0.05) is 19.6 Å². The molecule has 7 heteroatoms. The van der Waals surface area contributed by atoms with E-state index in [1.54, 1.807) is 4.90 Å². The molecular weight excluding hydrogens is 309 g/mol. The van der Waals surface area contributed by atoms with Gasteiger partial charge in [-0.2, -0.15) is 13.2 Å². The van der Waals surface area contributed by atoms with Crippen LogP contribution in [-0.4, -0.2) is 46.9 Å². The Bertz CT molecular complexity index is 630. The van der Waals surface area contributed by atoms with Gasteiger partial charge in [-0.05, 0) is 30.4 Å². The molecule has 2 amide bonds. The van der Waals surface area contributed by atoms with Crippen molar-refractivity contribution < 1.29 is 22.8 Å². The summed E-state index contributed by atoms with van der Waals surface area (Å²) in [5.41, 5.74) is 2.17. The van der Waals surface area contributed by atoms with Crippen LogP contribution in [0.3, 0.4) is 0 Å². The van der Waals surface area contributed by atoms with E-state index in [9.17, 15) is 22.8 Å². The Hall–Kier alpha value is -2.05. The highest BCUT2D eigenvalue weighted by Crippen LogP contribution is 2.28. The molecule has 0 aliphatic carbocycles. The summed E-state index contributed by atoms with van der Waals surface area (Å²) in [5.74, 6) is -2.29. The van der Waals surface area contributed by atoms with Crippen molar-refractivity contribution in [1.29, 1.82) is 0 Å². The van der Waals surface area contributed by atoms with E-state index in [-0.39, 0.29) is 12.5 Å². The summed E-state index contributed by atoms with van der Waals surface area (Å²) in [7, 11) is 0. The second kappa shape index (κ2) is 5.86. The van der Waals surface area contributed by atoms with Gasteiger partial charge in [-0.15, -0.1) is 0 Å². The fourth-order valence-corrected chi connectivity index (χ4v) is 3.32. The zero-order chi connectivity index (χ0) is 16.6. The minimum absolute atomic E-state index is 0.0147. The summed E-state index contributed by atoms with van der Waals surface area (Å²) in [5, 5.41) is 0. The molecule has 0 bridgehead atoms. The van der Waals surface area contributed by atoms with E-state index >= 15 is 0 Å². The van der Waals surface area contributed by atoms with Crippen LogP contribution in [0.4, 0.5) is 13.2 Å². The highest BCUT2D eigenvalue weighted by Gasteiger charge is 2.48. The van der Waals surface area contributed by atoms with Gasteiger partial charge in [-0.3, -0.25) is 9.59 Å². The van der Waals surface area contributed by atoms with Gasteiger partial charge in [-0.25, -0.2) is 0 Å². The van der Waals surface area contributed by atoms with Gasteiger partial charge < -0.3 is 9.80 Å². The van der Waals surface area contributed by atoms with Crippen molar-refractivity contribution in [2.24, 2.45) is 0 Å². The number of benzene rings is 1. The molecule has 3 rings (SSSR count). The molecule has 0 N–H and O–H groups in total. The lowest BCUT2D eigenvalue weighted by Gasteiger charge is -2.33. The topological polar surface area (TPSA) is 40.6 Å². The van der Waals surface area contributed by atoms with Crippen LogP contribution < -0.4 is 0 Å². The number of carbonyl (C=O) groups is 2. The SMILES string of the molecule is O=C(C1CCCN1C(=O)C(F)(F)F)N1CCc2ccccc2C1. The minimum atomic E-state index is -4.93. The normalized spacial score (nSPS) is 21.3. The zero-order valence-corrected chi connectivity index (χ0v) is 12.5. The Labute approximate surface area is 131 Å². The van der Waals surface area contributed by atoms with Crippen LogP contribution in [0.15, 0.2) is 24.3 Å². The van der Waals surface area contributed by atoms with Gasteiger partial charge in [0.25, 0.3) is 0 Å². The Morgan fingerprint density at radius 3 is 2.48 bits per heavy atom. The molecule has 0 aromatic heterocycles. The second-order valence-electron chi connectivity index (χ2n) is 5.93. The van der Waals surface area contributed by atoms with E-state index in [1.807, 2.05) is 24.3 Å². The van der Waals surface area contributed by atoms with Gasteiger partial charge >= 0.3 is 12.1 Å². The molecule has 1 aromatic rings. The number of likely N-dealkylation sites (tertiary alicyclic amines) is 1. The number of halogens is 3. The van der Waals surface area contributed by atoms with E-state index in [4.69, 9.17) is 0 Å². The molecule has 1 atom stereocenters. The lowest BCUT2D eigenvalue weighted by Crippen LogP contribution is -2.52. The number of carbonyl (C=O) groups excluding carboxylic acids is 2. The Kier molecular flexibility index (Phi) is 4.04. The van der Waals surface area contributed by atoms with Crippen LogP contribution in [0.5, 0.6) is 0 Å². The molecule has 2 aliphatic rings. The molecule has 23 heavy (non-hydrogen) atoms. The molecule has 1 fully saturated rings. The molecule has 1 aromatic carbocycles. The lowest BCUT2D eigenvalue weighted by molar-refractivity contribution is -0.187. The van der Waals surface area contributed by atoms with Crippen molar-refractivity contribution in [3.8, 4) is 0 Å². The van der Waals surface area contributed by atoms with E-state index < -0.39 is 18.1 Å². The molecule has 2 aliphatic heterocycles. The van der Waals surface area contributed by atoms with Crippen molar-refractivity contribution in [2.45, 2.75) is 38.0 Å². The maximum Gasteiger partial charge on any atom is 0.471 e. The largest absolute Gasteiger partial charge is 0.471 e. The Balaban J connectivity index is 1.74. The Morgan fingerprint density at radius 1 is 1.09 bits per heavy atom. The molecule has 0 spiro atoms. The van der Waals surface area contributed by atoms with Crippen molar-refractivity contribution >= 4 is 11.8 Å². The molecule has 4 nitrogen and oxygen atoms in total. The van der Waals surface area contributed by atoms with E-state index in [0.717, 1.165) is 11.1 Å². The van der Waals surface area contributed by atoms with Crippen LogP contribution in [0, 0.1) is 0 Å². The lowest BCUT2D eigenvalue weighted by atomic mass is 9.99. The van der Waals surface area contributed by atoms with Crippen LogP contribution >= 0.6 is 0 Å². The van der Waals surface area contributed by atoms with E-state index in [2.05, 4.69) is 0 Å². The third kappa shape index (κ3) is 3.04. The summed E-state index contributed by atoms with van der Waals surface area (Å²) >= 11 is 0. The summed E-state index contributed by atoms with van der Waals surface area (Å²) < 4.78 is 38.0. The third-order valence-corrected chi connectivity index (χ3v) is 4.48. The predicted octanol–water partition coefficient (Wildman–Crippen LogP) is 2.12. The quantitative estimate of drug-likeness (QED) is 0.793. The van der Waals surface area contributed by atoms with Crippen molar-refractivity contribution in [1.82, 2.24) is 9.80 Å². The molecule has 0 saturated carbocycles. The van der Waals surface area contributed by atoms with E-state index in [0.29, 0.717) is 37.3 Å². The molecule has 1 unspecified atom stereocenters. The second-order valence-corrected chi connectivity index (χ2v) is 5.93. The first-order valence-electron chi connectivity index (χ1n) is 7.61. The number of amides is 2. The average molecular weight is 326 g/mol. The summed E-state index contributed by atoms with van der Waals surface area (Å²) in [6.07, 6.45) is -3.54. The third-order valence-electron chi connectivity index (χ3n) is 4.48. The first kappa shape index (κ1) is 15.8. The van der Waals surface area contributed by atoms with Crippen LogP contribution in [0.1, 0.15) is 24.0 Å². The number of rotatable bonds is 1. The Morgan fingerprint density at radius 2 is 1.78 bits per heavy atom. The van der Waals surface area contributed by atoms with E-state index in [1.165, 1.54) is 0 Å². The number of hydrogen-bond acceptors (Lipinski definition) is 2. The average Bonchev–Trinajstić information content (AvgIpc) is 3.01. The monoisotopic (exact) mass is 326 g/mol. The first-order valence-corrected chi connectivity index (χ1v) is 7.61. The number of nitrogens with zero attached hydrogens (tertiary/aromatic N) is 2. The van der Waals surface area contributed by atoms with Gasteiger partial charge in [0.15, 0.2) is 0 Å². The van der Waals surface area contributed by atoms with Gasteiger partial charge in [0.1, 0.15) is 6.04 Å². The highest BCUT2D eigenvalue weighted by atomic mass is 19.4. The molecule has 1 saturated heterocycles. The minimum Gasteiger partial charge on any atom is -0.336 e. The van der Waals surface area contributed by atoms with Gasteiger partial charge in [-0.1, -0.05) is 24.3 Å². The summed E-state index contributed by atoms with van der Waals surface area (Å²) in [6, 6.07) is 6.72. The maximum absolute atomic E-state index is 12.7. The zero-order valence-electron chi connectivity index (χ0n) is 12.5. The van der Waals surface area contributed by atoms with Crippen LogP contribution in [0.2, 0.25) is 0 Å². The fraction of sp³-hybridized carbons (Fsp3) is 0.500. The van der Waals surface area contributed by atoms with Crippen molar-refractivity contribution in [2.75, 3.05) is 13.1 Å². The van der Waals surface area contributed by atoms with Crippen molar-refractivity contribution in [3.63, 3.8) is 0 Å². The standard InChI is InChI=1S/C16H17F3N2O2/c17-16(18,19)15(23)21-8-3-6-13(21)14(22)20-9-7-11-4-1-2-5-12(11)10-20/h1-2,4-5,13H,3,6-10H2. The molecule has 0 radical (unpaired) electrons. The summed E-state index contributed by atoms with van der Waals surface area (Å²) in [6.45, 7) is 0.846. The smallest absolute Gasteiger partial charge is 0.336 e. The fourth-order valence-electron chi connectivity index (χ4n) is 3.32. The highest BCUT2D eigenvalue weighted by molar-refractivity contribution is 5.90. The van der Waals surface area contributed by atoms with Gasteiger partial charge in [0.05, 0.1) is 0 Å². The first-order chi connectivity index (χ1) is 10.9. The number of hydrogen-bond donors (Lipinski definition) is 0. The molecule has 124 valence electrons.